The van der Waals surface area contributed by atoms with Crippen LogP contribution in [0.25, 0.3) is 0 Å². The molecule has 1 fully saturated rings. The van der Waals surface area contributed by atoms with Crippen molar-refractivity contribution in [1.29, 1.82) is 0 Å². The van der Waals surface area contributed by atoms with Crippen LogP contribution in [-0.2, 0) is 9.53 Å². The summed E-state index contributed by atoms with van der Waals surface area (Å²) < 4.78 is 5.53. The Labute approximate surface area is 126 Å². The van der Waals surface area contributed by atoms with Crippen LogP contribution in [0.2, 0.25) is 0 Å². The summed E-state index contributed by atoms with van der Waals surface area (Å²) in [7, 11) is 1.34. The normalized spacial score (nSPS) is 18.7. The number of nitrogens with two attached hydrogens (primary N) is 1. The lowest BCUT2D eigenvalue weighted by atomic mass is 10.0. The fourth-order valence-corrected chi connectivity index (χ4v) is 2.97. The zero-order valence-electron chi connectivity index (χ0n) is 11.3. The minimum absolute atomic E-state index is 0.187. The number of benzene rings is 1. The van der Waals surface area contributed by atoms with Crippen molar-refractivity contribution in [2.45, 2.75) is 25.3 Å². The van der Waals surface area contributed by atoms with E-state index in [0.29, 0.717) is 24.2 Å². The predicted molar refractivity (Wildman–Crippen MR) is 79.2 cm³/mol. The number of rotatable bonds is 2. The van der Waals surface area contributed by atoms with Crippen LogP contribution in [0.1, 0.15) is 29.6 Å². The number of carbonyl (C=O) groups is 2. The molecule has 1 aromatic rings. The highest BCUT2D eigenvalue weighted by Gasteiger charge is 2.33. The standard InChI is InChI=1S/C14H17BrN2O3/c1-20-14(19)12-4-2-3-5-17(12)13(18)9-6-10(15)8-11(16)7-9/h6-8,12H,2-5,16H2,1H3. The van der Waals surface area contributed by atoms with Gasteiger partial charge in [-0.1, -0.05) is 15.9 Å². The second-order valence-electron chi connectivity index (χ2n) is 4.81. The molecule has 1 aromatic carbocycles. The van der Waals surface area contributed by atoms with Gasteiger partial charge in [0.2, 0.25) is 0 Å². The molecule has 1 atom stereocenters. The van der Waals surface area contributed by atoms with Gasteiger partial charge in [-0.2, -0.15) is 0 Å². The van der Waals surface area contributed by atoms with Crippen molar-refractivity contribution in [3.05, 3.63) is 28.2 Å². The van der Waals surface area contributed by atoms with Gasteiger partial charge in [-0.3, -0.25) is 4.79 Å². The minimum atomic E-state index is -0.499. The van der Waals surface area contributed by atoms with Crippen LogP contribution < -0.4 is 5.73 Å². The van der Waals surface area contributed by atoms with Gasteiger partial charge in [-0.15, -0.1) is 0 Å². The van der Waals surface area contributed by atoms with E-state index in [4.69, 9.17) is 10.5 Å². The average Bonchev–Trinajstić information content (AvgIpc) is 2.44. The van der Waals surface area contributed by atoms with Gasteiger partial charge in [0.15, 0.2) is 0 Å². The molecule has 1 amide bonds. The Bertz CT molecular complexity index is 513. The number of anilines is 1. The van der Waals surface area contributed by atoms with Gasteiger partial charge in [0, 0.05) is 22.3 Å². The van der Waals surface area contributed by atoms with E-state index in [9.17, 15) is 9.59 Å². The summed E-state index contributed by atoms with van der Waals surface area (Å²) >= 11 is 3.32. The molecular weight excluding hydrogens is 324 g/mol. The number of piperidine rings is 1. The number of esters is 1. The molecule has 0 saturated carbocycles. The van der Waals surface area contributed by atoms with Crippen molar-refractivity contribution >= 4 is 33.5 Å². The van der Waals surface area contributed by atoms with Crippen LogP contribution in [0, 0.1) is 0 Å². The first-order chi connectivity index (χ1) is 9.52. The fourth-order valence-electron chi connectivity index (χ4n) is 2.46. The summed E-state index contributed by atoms with van der Waals surface area (Å²) in [5.74, 6) is -0.547. The zero-order chi connectivity index (χ0) is 14.7. The van der Waals surface area contributed by atoms with Crippen molar-refractivity contribution in [3.63, 3.8) is 0 Å². The van der Waals surface area contributed by atoms with Gasteiger partial charge in [-0.05, 0) is 37.5 Å². The molecule has 2 N–H and O–H groups in total. The number of ether oxygens (including phenoxy) is 1. The third kappa shape index (κ3) is 3.12. The van der Waals surface area contributed by atoms with Gasteiger partial charge in [0.25, 0.3) is 5.91 Å². The highest BCUT2D eigenvalue weighted by Crippen LogP contribution is 2.23. The first kappa shape index (κ1) is 14.8. The first-order valence-electron chi connectivity index (χ1n) is 6.48. The van der Waals surface area contributed by atoms with Crippen molar-refractivity contribution in [3.8, 4) is 0 Å². The van der Waals surface area contributed by atoms with E-state index in [2.05, 4.69) is 15.9 Å². The number of halogens is 1. The lowest BCUT2D eigenvalue weighted by molar-refractivity contribution is -0.147. The molecule has 2 rings (SSSR count). The number of amides is 1. The molecule has 0 spiro atoms. The number of nitrogen functional groups attached to an aromatic ring is 1. The summed E-state index contributed by atoms with van der Waals surface area (Å²) in [5, 5.41) is 0. The molecule has 20 heavy (non-hydrogen) atoms. The molecule has 0 bridgehead atoms. The minimum Gasteiger partial charge on any atom is -0.467 e. The molecule has 1 saturated heterocycles. The number of hydrogen-bond acceptors (Lipinski definition) is 4. The summed E-state index contributed by atoms with van der Waals surface area (Å²) in [6.07, 6.45) is 2.45. The predicted octanol–water partition coefficient (Wildman–Crippen LogP) is 2.20. The maximum Gasteiger partial charge on any atom is 0.328 e. The third-order valence-corrected chi connectivity index (χ3v) is 3.86. The molecule has 6 heteroatoms. The molecule has 1 aliphatic heterocycles. The molecular formula is C14H17BrN2O3. The molecule has 0 aromatic heterocycles. The van der Waals surface area contributed by atoms with Crippen LogP contribution in [0.3, 0.4) is 0 Å². The molecule has 1 aliphatic rings. The Morgan fingerprint density at radius 2 is 2.10 bits per heavy atom. The second-order valence-corrected chi connectivity index (χ2v) is 5.72. The lowest BCUT2D eigenvalue weighted by Gasteiger charge is -2.33. The SMILES string of the molecule is COC(=O)C1CCCCN1C(=O)c1cc(N)cc(Br)c1. The molecule has 0 radical (unpaired) electrons. The lowest BCUT2D eigenvalue weighted by Crippen LogP contribution is -2.48. The van der Waals surface area contributed by atoms with Gasteiger partial charge in [-0.25, -0.2) is 4.79 Å². The van der Waals surface area contributed by atoms with Crippen LogP contribution in [-0.4, -0.2) is 36.5 Å². The van der Waals surface area contributed by atoms with E-state index < -0.39 is 6.04 Å². The number of carbonyl (C=O) groups excluding carboxylic acids is 2. The van der Waals surface area contributed by atoms with Crippen molar-refractivity contribution in [2.75, 3.05) is 19.4 Å². The Morgan fingerprint density at radius 3 is 2.75 bits per heavy atom. The van der Waals surface area contributed by atoms with E-state index in [1.54, 1.807) is 23.1 Å². The van der Waals surface area contributed by atoms with E-state index in [1.807, 2.05) is 0 Å². The fraction of sp³-hybridized carbons (Fsp3) is 0.429. The first-order valence-corrected chi connectivity index (χ1v) is 7.27. The topological polar surface area (TPSA) is 72.6 Å². The van der Waals surface area contributed by atoms with E-state index in [0.717, 1.165) is 17.3 Å². The molecule has 5 nitrogen and oxygen atoms in total. The highest BCUT2D eigenvalue weighted by molar-refractivity contribution is 9.10. The quantitative estimate of drug-likeness (QED) is 0.661. The van der Waals surface area contributed by atoms with E-state index in [1.165, 1.54) is 7.11 Å². The largest absolute Gasteiger partial charge is 0.467 e. The Kier molecular flexibility index (Phi) is 4.65. The van der Waals surface area contributed by atoms with Crippen molar-refractivity contribution in [2.24, 2.45) is 0 Å². The summed E-state index contributed by atoms with van der Waals surface area (Å²) in [5.41, 5.74) is 6.74. The molecule has 1 heterocycles. The number of likely N-dealkylation sites (tertiary alicyclic amines) is 1. The van der Waals surface area contributed by atoms with Crippen LogP contribution >= 0.6 is 15.9 Å². The number of methoxy groups -OCH3 is 1. The maximum atomic E-state index is 12.6. The Hall–Kier alpha value is -1.56. The molecule has 0 aliphatic carbocycles. The number of hydrogen-bond donors (Lipinski definition) is 1. The Balaban J connectivity index is 2.27. The maximum absolute atomic E-state index is 12.6. The highest BCUT2D eigenvalue weighted by atomic mass is 79.9. The molecule has 108 valence electrons. The van der Waals surface area contributed by atoms with Gasteiger partial charge >= 0.3 is 5.97 Å². The van der Waals surface area contributed by atoms with Gasteiger partial charge in [0.05, 0.1) is 7.11 Å². The summed E-state index contributed by atoms with van der Waals surface area (Å²) in [4.78, 5) is 26.0. The summed E-state index contributed by atoms with van der Waals surface area (Å²) in [6, 6.07) is 4.56. The van der Waals surface area contributed by atoms with Crippen LogP contribution in [0.15, 0.2) is 22.7 Å². The van der Waals surface area contributed by atoms with Crippen molar-refractivity contribution < 1.29 is 14.3 Å². The summed E-state index contributed by atoms with van der Waals surface area (Å²) in [6.45, 7) is 0.561. The third-order valence-electron chi connectivity index (χ3n) is 3.40. The van der Waals surface area contributed by atoms with E-state index in [-0.39, 0.29) is 11.9 Å². The second kappa shape index (κ2) is 6.26. The van der Waals surface area contributed by atoms with Crippen molar-refractivity contribution in [1.82, 2.24) is 4.90 Å². The zero-order valence-corrected chi connectivity index (χ0v) is 12.9. The average molecular weight is 341 g/mol. The number of nitrogens with zero attached hydrogens (tertiary/aromatic N) is 1. The smallest absolute Gasteiger partial charge is 0.328 e. The van der Waals surface area contributed by atoms with Gasteiger partial charge < -0.3 is 15.4 Å². The Morgan fingerprint density at radius 1 is 1.35 bits per heavy atom. The van der Waals surface area contributed by atoms with E-state index >= 15 is 0 Å². The van der Waals surface area contributed by atoms with Crippen LogP contribution in [0.5, 0.6) is 0 Å². The van der Waals surface area contributed by atoms with Crippen LogP contribution in [0.4, 0.5) is 5.69 Å². The molecule has 1 unspecified atom stereocenters. The monoisotopic (exact) mass is 340 g/mol. The van der Waals surface area contributed by atoms with Gasteiger partial charge in [0.1, 0.15) is 6.04 Å².